The van der Waals surface area contributed by atoms with E-state index in [4.69, 9.17) is 10.2 Å². The van der Waals surface area contributed by atoms with E-state index in [1.807, 2.05) is 26.0 Å². The number of hydrogen-bond donors (Lipinski definition) is 2. The maximum atomic E-state index is 11.2. The van der Waals surface area contributed by atoms with Crippen LogP contribution in [0.3, 0.4) is 0 Å². The van der Waals surface area contributed by atoms with Gasteiger partial charge in [-0.05, 0) is 12.1 Å². The number of hydrogen-bond acceptors (Lipinski definition) is 3. The average Bonchev–Trinajstić information content (AvgIpc) is 2.76. The summed E-state index contributed by atoms with van der Waals surface area (Å²) in [6, 6.07) is 7.08. The van der Waals surface area contributed by atoms with Gasteiger partial charge in [0.25, 0.3) is 5.91 Å². The Bertz CT molecular complexity index is 489. The molecule has 0 unspecified atom stereocenters. The molecule has 0 aliphatic heterocycles. The van der Waals surface area contributed by atoms with Gasteiger partial charge in [0.05, 0.1) is 5.69 Å². The molecule has 16 heavy (non-hydrogen) atoms. The van der Waals surface area contributed by atoms with Gasteiger partial charge in [0.1, 0.15) is 0 Å². The molecule has 4 heteroatoms. The number of rotatable bonds is 1. The molecule has 3 N–H and O–H groups in total. The lowest BCUT2D eigenvalue weighted by Gasteiger charge is -1.93. The number of amides is 1. The van der Waals surface area contributed by atoms with Gasteiger partial charge in [-0.3, -0.25) is 4.79 Å². The third-order valence-electron chi connectivity index (χ3n) is 2.03. The van der Waals surface area contributed by atoms with Crippen LogP contribution in [0.2, 0.25) is 0 Å². The summed E-state index contributed by atoms with van der Waals surface area (Å²) in [6.45, 7) is 4.00. The molecule has 0 fully saturated rings. The van der Waals surface area contributed by atoms with Gasteiger partial charge >= 0.3 is 0 Å². The number of nitrogens with two attached hydrogens (primary N) is 1. The highest BCUT2D eigenvalue weighted by molar-refractivity contribution is 5.98. The number of benzene rings is 1. The van der Waals surface area contributed by atoms with E-state index in [1.54, 1.807) is 19.2 Å². The quantitative estimate of drug-likeness (QED) is 0.725. The number of carbonyl (C=O) groups excluding carboxylic acids is 1. The fourth-order valence-electron chi connectivity index (χ4n) is 1.32. The summed E-state index contributed by atoms with van der Waals surface area (Å²) in [5.41, 5.74) is 6.79. The second-order valence-electron chi connectivity index (χ2n) is 2.96. The molecule has 0 atom stereocenters. The largest absolute Gasteiger partial charge is 0.449 e. The monoisotopic (exact) mass is 220 g/mol. The number of anilines is 1. The van der Waals surface area contributed by atoms with Crippen LogP contribution in [0.1, 0.15) is 24.4 Å². The summed E-state index contributed by atoms with van der Waals surface area (Å²) in [6.07, 6.45) is 0. The molecule has 0 aliphatic rings. The van der Waals surface area contributed by atoms with Gasteiger partial charge in [0.15, 0.2) is 11.3 Å². The predicted molar refractivity (Wildman–Crippen MR) is 65.4 cm³/mol. The van der Waals surface area contributed by atoms with E-state index >= 15 is 0 Å². The Balaban J connectivity index is 0.000000606. The van der Waals surface area contributed by atoms with E-state index < -0.39 is 0 Å². The molecule has 1 aromatic carbocycles. The lowest BCUT2D eigenvalue weighted by Crippen LogP contribution is -2.16. The first-order valence-corrected chi connectivity index (χ1v) is 5.22. The van der Waals surface area contributed by atoms with Crippen molar-refractivity contribution in [1.29, 1.82) is 0 Å². The zero-order valence-corrected chi connectivity index (χ0v) is 9.70. The Morgan fingerprint density at radius 2 is 2.06 bits per heavy atom. The number of nitrogens with one attached hydrogen (secondary N) is 1. The highest BCUT2D eigenvalue weighted by atomic mass is 16.3. The van der Waals surface area contributed by atoms with Crippen molar-refractivity contribution in [3.05, 3.63) is 30.0 Å². The van der Waals surface area contributed by atoms with Crippen LogP contribution in [0.5, 0.6) is 0 Å². The summed E-state index contributed by atoms with van der Waals surface area (Å²) < 4.78 is 5.31. The predicted octanol–water partition coefficient (Wildman–Crippen LogP) is 2.40. The topological polar surface area (TPSA) is 68.3 Å². The van der Waals surface area contributed by atoms with E-state index in [0.29, 0.717) is 11.3 Å². The summed E-state index contributed by atoms with van der Waals surface area (Å²) in [7, 11) is 1.55. The van der Waals surface area contributed by atoms with Crippen molar-refractivity contribution >= 4 is 22.6 Å². The second kappa shape index (κ2) is 5.21. The van der Waals surface area contributed by atoms with Gasteiger partial charge in [0, 0.05) is 12.4 Å². The molecule has 0 saturated heterocycles. The second-order valence-corrected chi connectivity index (χ2v) is 2.96. The smallest absolute Gasteiger partial charge is 0.286 e. The first kappa shape index (κ1) is 12.1. The third-order valence-corrected chi connectivity index (χ3v) is 2.03. The van der Waals surface area contributed by atoms with Gasteiger partial charge in [-0.25, -0.2) is 0 Å². The minimum atomic E-state index is -0.249. The Labute approximate surface area is 94.4 Å². The van der Waals surface area contributed by atoms with Crippen LogP contribution < -0.4 is 11.1 Å². The van der Waals surface area contributed by atoms with Crippen molar-refractivity contribution in [1.82, 2.24) is 5.32 Å². The Morgan fingerprint density at radius 3 is 2.62 bits per heavy atom. The van der Waals surface area contributed by atoms with Crippen molar-refractivity contribution in [3.63, 3.8) is 0 Å². The molecule has 2 rings (SSSR count). The first-order valence-electron chi connectivity index (χ1n) is 5.22. The van der Waals surface area contributed by atoms with Gasteiger partial charge in [-0.15, -0.1) is 0 Å². The Morgan fingerprint density at radius 1 is 1.38 bits per heavy atom. The van der Waals surface area contributed by atoms with Gasteiger partial charge in [0.2, 0.25) is 0 Å². The minimum Gasteiger partial charge on any atom is -0.449 e. The zero-order chi connectivity index (χ0) is 12.1. The third kappa shape index (κ3) is 2.16. The summed E-state index contributed by atoms with van der Waals surface area (Å²) in [4.78, 5) is 11.2. The number of carbonyl (C=O) groups is 1. The standard InChI is InChI=1S/C10H10N2O2.C2H6/c1-12-10(13)8-5-6-3-2-4-7(11)9(6)14-8;1-2/h2-5H,11H2,1H3,(H,12,13);1-2H3. The van der Waals surface area contributed by atoms with Crippen molar-refractivity contribution in [2.24, 2.45) is 0 Å². The molecule has 1 amide bonds. The van der Waals surface area contributed by atoms with Gasteiger partial charge in [-0.1, -0.05) is 26.0 Å². The van der Waals surface area contributed by atoms with Crippen LogP contribution in [-0.2, 0) is 0 Å². The maximum absolute atomic E-state index is 11.2. The SMILES string of the molecule is CC.CNC(=O)c1cc2cccc(N)c2o1. The molecule has 1 heterocycles. The summed E-state index contributed by atoms with van der Waals surface area (Å²) >= 11 is 0. The lowest BCUT2D eigenvalue weighted by atomic mass is 10.2. The fourth-order valence-corrected chi connectivity index (χ4v) is 1.32. The molecule has 0 saturated carbocycles. The summed E-state index contributed by atoms with van der Waals surface area (Å²) in [5.74, 6) is 0.0287. The molecule has 0 spiro atoms. The highest BCUT2D eigenvalue weighted by Crippen LogP contribution is 2.24. The maximum Gasteiger partial charge on any atom is 0.286 e. The molecule has 0 aliphatic carbocycles. The molecule has 0 bridgehead atoms. The average molecular weight is 220 g/mol. The van der Waals surface area contributed by atoms with E-state index in [2.05, 4.69) is 5.32 Å². The number of para-hydroxylation sites is 1. The molecule has 2 aromatic rings. The Hall–Kier alpha value is -1.97. The number of fused-ring (bicyclic) bond motifs is 1. The number of nitrogen functional groups attached to an aromatic ring is 1. The van der Waals surface area contributed by atoms with Crippen LogP contribution in [-0.4, -0.2) is 13.0 Å². The van der Waals surface area contributed by atoms with Crippen molar-refractivity contribution in [3.8, 4) is 0 Å². The van der Waals surface area contributed by atoms with Crippen molar-refractivity contribution < 1.29 is 9.21 Å². The Kier molecular flexibility index (Phi) is 3.94. The molecule has 86 valence electrons. The van der Waals surface area contributed by atoms with Gasteiger partial charge in [-0.2, -0.15) is 0 Å². The lowest BCUT2D eigenvalue weighted by molar-refractivity contribution is 0.0938. The number of furan rings is 1. The first-order chi connectivity index (χ1) is 7.72. The normalized spacial score (nSPS) is 9.44. The molecule has 4 nitrogen and oxygen atoms in total. The molecule has 0 radical (unpaired) electrons. The van der Waals surface area contributed by atoms with Gasteiger partial charge < -0.3 is 15.5 Å². The fraction of sp³-hybridized carbons (Fsp3) is 0.250. The van der Waals surface area contributed by atoms with Crippen LogP contribution >= 0.6 is 0 Å². The minimum absolute atomic E-state index is 0.249. The van der Waals surface area contributed by atoms with Crippen molar-refractivity contribution in [2.45, 2.75) is 13.8 Å². The van der Waals surface area contributed by atoms with Crippen molar-refractivity contribution in [2.75, 3.05) is 12.8 Å². The van der Waals surface area contributed by atoms with Crippen LogP contribution in [0.25, 0.3) is 11.0 Å². The van der Waals surface area contributed by atoms with E-state index in [9.17, 15) is 4.79 Å². The summed E-state index contributed by atoms with van der Waals surface area (Å²) in [5, 5.41) is 3.32. The molecule has 1 aromatic heterocycles. The van der Waals surface area contributed by atoms with Crippen LogP contribution in [0, 0.1) is 0 Å². The zero-order valence-electron chi connectivity index (χ0n) is 9.70. The highest BCUT2D eigenvalue weighted by Gasteiger charge is 2.11. The van der Waals surface area contributed by atoms with E-state index in [1.165, 1.54) is 0 Å². The van der Waals surface area contributed by atoms with Crippen LogP contribution in [0.15, 0.2) is 28.7 Å². The van der Waals surface area contributed by atoms with Crippen LogP contribution in [0.4, 0.5) is 5.69 Å². The molecular formula is C12H16N2O2. The van der Waals surface area contributed by atoms with E-state index in [0.717, 1.165) is 5.39 Å². The van der Waals surface area contributed by atoms with E-state index in [-0.39, 0.29) is 11.7 Å². The molecular weight excluding hydrogens is 204 g/mol.